The minimum atomic E-state index is -0.290. The first kappa shape index (κ1) is 18.7. The van der Waals surface area contributed by atoms with E-state index in [0.29, 0.717) is 12.2 Å². The van der Waals surface area contributed by atoms with Crippen LogP contribution < -0.4 is 5.76 Å². The molecule has 5 heteroatoms. The number of nitrogens with zero attached hydrogens (tertiary/aromatic N) is 2. The third-order valence-corrected chi connectivity index (χ3v) is 5.28. The molecule has 1 aromatic heterocycles. The van der Waals surface area contributed by atoms with Crippen LogP contribution in [-0.4, -0.2) is 42.3 Å². The second-order valence-electron chi connectivity index (χ2n) is 7.20. The van der Waals surface area contributed by atoms with E-state index < -0.39 is 0 Å². The summed E-state index contributed by atoms with van der Waals surface area (Å²) in [6.07, 6.45) is 3.36. The standard InChI is InChI=1S/C23H26N2O3/c26-23-25(18-21(28-23)17-19-7-3-1-4-8-19)22(20-9-5-2-6-10-20)11-12-24-13-15-27-16-14-24/h1-10,18,22H,11-17H2. The molecule has 146 valence electrons. The fourth-order valence-corrected chi connectivity index (χ4v) is 3.77. The van der Waals surface area contributed by atoms with E-state index in [1.807, 2.05) is 54.7 Å². The Kier molecular flexibility index (Phi) is 6.04. The van der Waals surface area contributed by atoms with Crippen molar-refractivity contribution >= 4 is 0 Å². The molecule has 1 saturated heterocycles. The smallest absolute Gasteiger partial charge is 0.413 e. The molecule has 1 aliphatic heterocycles. The predicted octanol–water partition coefficient (Wildman–Crippen LogP) is 3.34. The van der Waals surface area contributed by atoms with Crippen LogP contribution in [0.3, 0.4) is 0 Å². The summed E-state index contributed by atoms with van der Waals surface area (Å²) in [6.45, 7) is 4.38. The maximum absolute atomic E-state index is 12.7. The molecule has 1 aliphatic rings. The van der Waals surface area contributed by atoms with E-state index in [-0.39, 0.29) is 11.8 Å². The topological polar surface area (TPSA) is 47.6 Å². The Morgan fingerprint density at radius 2 is 1.61 bits per heavy atom. The van der Waals surface area contributed by atoms with E-state index in [0.717, 1.165) is 50.4 Å². The van der Waals surface area contributed by atoms with Crippen LogP contribution in [-0.2, 0) is 11.2 Å². The second kappa shape index (κ2) is 9.04. The summed E-state index contributed by atoms with van der Waals surface area (Å²) in [5.41, 5.74) is 2.26. The molecule has 2 aromatic carbocycles. The number of oxazole rings is 1. The van der Waals surface area contributed by atoms with Gasteiger partial charge in [-0.3, -0.25) is 9.47 Å². The maximum Gasteiger partial charge on any atom is 0.419 e. The zero-order chi connectivity index (χ0) is 19.2. The highest BCUT2D eigenvalue weighted by Gasteiger charge is 2.20. The van der Waals surface area contributed by atoms with E-state index in [2.05, 4.69) is 17.0 Å². The fourth-order valence-electron chi connectivity index (χ4n) is 3.77. The highest BCUT2D eigenvalue weighted by Crippen LogP contribution is 2.22. The quantitative estimate of drug-likeness (QED) is 0.633. The Morgan fingerprint density at radius 3 is 2.32 bits per heavy atom. The number of hydrogen-bond acceptors (Lipinski definition) is 4. The third kappa shape index (κ3) is 4.61. The number of hydrogen-bond donors (Lipinski definition) is 0. The van der Waals surface area contributed by atoms with Gasteiger partial charge in [-0.05, 0) is 17.5 Å². The summed E-state index contributed by atoms with van der Waals surface area (Å²) >= 11 is 0. The van der Waals surface area contributed by atoms with E-state index in [9.17, 15) is 4.79 Å². The molecule has 1 atom stereocenters. The van der Waals surface area contributed by atoms with Crippen molar-refractivity contribution < 1.29 is 9.15 Å². The lowest BCUT2D eigenvalue weighted by Crippen LogP contribution is -2.38. The summed E-state index contributed by atoms with van der Waals surface area (Å²) in [6, 6.07) is 20.3. The zero-order valence-electron chi connectivity index (χ0n) is 16.0. The lowest BCUT2D eigenvalue weighted by Gasteiger charge is -2.28. The Hall–Kier alpha value is -2.63. The van der Waals surface area contributed by atoms with Crippen LogP contribution in [0.4, 0.5) is 0 Å². The van der Waals surface area contributed by atoms with Gasteiger partial charge in [-0.2, -0.15) is 0 Å². The Balaban J connectivity index is 1.56. The predicted molar refractivity (Wildman–Crippen MR) is 109 cm³/mol. The van der Waals surface area contributed by atoms with Crippen molar-refractivity contribution in [1.29, 1.82) is 0 Å². The molecule has 0 spiro atoms. The number of rotatable bonds is 7. The minimum absolute atomic E-state index is 0.0372. The molecule has 0 radical (unpaired) electrons. The van der Waals surface area contributed by atoms with Crippen molar-refractivity contribution in [2.75, 3.05) is 32.8 Å². The molecule has 0 amide bonds. The summed E-state index contributed by atoms with van der Waals surface area (Å²) in [7, 11) is 0. The van der Waals surface area contributed by atoms with Gasteiger partial charge in [0.2, 0.25) is 0 Å². The average Bonchev–Trinajstić information content (AvgIpc) is 3.10. The van der Waals surface area contributed by atoms with Gasteiger partial charge < -0.3 is 9.15 Å². The van der Waals surface area contributed by atoms with E-state index in [1.54, 1.807) is 4.57 Å². The Morgan fingerprint density at radius 1 is 0.929 bits per heavy atom. The van der Waals surface area contributed by atoms with Crippen molar-refractivity contribution in [3.63, 3.8) is 0 Å². The summed E-state index contributed by atoms with van der Waals surface area (Å²) in [5.74, 6) is 0.408. The van der Waals surface area contributed by atoms with Gasteiger partial charge in [0.25, 0.3) is 0 Å². The number of morpholine rings is 1. The summed E-state index contributed by atoms with van der Waals surface area (Å²) in [5, 5.41) is 0. The second-order valence-corrected chi connectivity index (χ2v) is 7.20. The molecule has 2 heterocycles. The molecule has 1 fully saturated rings. The maximum atomic E-state index is 12.7. The van der Waals surface area contributed by atoms with Crippen molar-refractivity contribution in [3.8, 4) is 0 Å². The van der Waals surface area contributed by atoms with Crippen LogP contribution in [0.2, 0.25) is 0 Å². The monoisotopic (exact) mass is 378 g/mol. The molecular formula is C23H26N2O3. The zero-order valence-corrected chi connectivity index (χ0v) is 16.0. The first-order valence-corrected chi connectivity index (χ1v) is 9.89. The molecule has 0 bridgehead atoms. The van der Waals surface area contributed by atoms with Crippen LogP contribution in [0.5, 0.6) is 0 Å². The van der Waals surface area contributed by atoms with Crippen molar-refractivity contribution in [2.45, 2.75) is 18.9 Å². The number of ether oxygens (including phenoxy) is 1. The number of benzene rings is 2. The fraction of sp³-hybridized carbons (Fsp3) is 0.348. The normalized spacial score (nSPS) is 16.1. The molecule has 1 unspecified atom stereocenters. The van der Waals surface area contributed by atoms with E-state index in [1.165, 1.54) is 0 Å². The lowest BCUT2D eigenvalue weighted by atomic mass is 10.0. The molecule has 4 rings (SSSR count). The van der Waals surface area contributed by atoms with Gasteiger partial charge in [0.05, 0.1) is 19.3 Å². The molecule has 0 aliphatic carbocycles. The van der Waals surface area contributed by atoms with Gasteiger partial charge >= 0.3 is 5.76 Å². The van der Waals surface area contributed by atoms with Crippen LogP contribution >= 0.6 is 0 Å². The van der Waals surface area contributed by atoms with Gasteiger partial charge in [-0.1, -0.05) is 60.7 Å². The van der Waals surface area contributed by atoms with Crippen molar-refractivity contribution in [1.82, 2.24) is 9.47 Å². The highest BCUT2D eigenvalue weighted by molar-refractivity contribution is 5.22. The van der Waals surface area contributed by atoms with Crippen molar-refractivity contribution in [2.24, 2.45) is 0 Å². The first-order chi connectivity index (χ1) is 13.8. The summed E-state index contributed by atoms with van der Waals surface area (Å²) in [4.78, 5) is 15.1. The van der Waals surface area contributed by atoms with Crippen LogP contribution in [0.15, 0.2) is 76.1 Å². The largest absolute Gasteiger partial charge is 0.419 e. The van der Waals surface area contributed by atoms with Crippen molar-refractivity contribution in [3.05, 3.63) is 94.3 Å². The SMILES string of the molecule is O=c1oc(Cc2ccccc2)cn1C(CCN1CCOCC1)c1ccccc1. The molecule has 0 N–H and O–H groups in total. The lowest BCUT2D eigenvalue weighted by molar-refractivity contribution is 0.0361. The van der Waals surface area contributed by atoms with Gasteiger partial charge in [0.1, 0.15) is 5.76 Å². The van der Waals surface area contributed by atoms with Gasteiger partial charge in [-0.15, -0.1) is 0 Å². The minimum Gasteiger partial charge on any atom is -0.413 e. The van der Waals surface area contributed by atoms with Gasteiger partial charge in [0, 0.05) is 32.3 Å². The third-order valence-electron chi connectivity index (χ3n) is 5.28. The average molecular weight is 378 g/mol. The number of aromatic nitrogens is 1. The Labute approximate surface area is 165 Å². The van der Waals surface area contributed by atoms with Crippen LogP contribution in [0.1, 0.15) is 29.3 Å². The van der Waals surface area contributed by atoms with Gasteiger partial charge in [0.15, 0.2) is 0 Å². The summed E-state index contributed by atoms with van der Waals surface area (Å²) < 4.78 is 12.8. The molecule has 3 aromatic rings. The van der Waals surface area contributed by atoms with E-state index in [4.69, 9.17) is 9.15 Å². The molecule has 5 nitrogen and oxygen atoms in total. The van der Waals surface area contributed by atoms with Gasteiger partial charge in [-0.25, -0.2) is 4.79 Å². The molecule has 28 heavy (non-hydrogen) atoms. The molecule has 0 saturated carbocycles. The highest BCUT2D eigenvalue weighted by atomic mass is 16.5. The molecular weight excluding hydrogens is 352 g/mol. The van der Waals surface area contributed by atoms with Crippen LogP contribution in [0, 0.1) is 0 Å². The Bertz CT molecular complexity index is 912. The van der Waals surface area contributed by atoms with E-state index >= 15 is 0 Å². The van der Waals surface area contributed by atoms with Crippen LogP contribution in [0.25, 0.3) is 0 Å². The first-order valence-electron chi connectivity index (χ1n) is 9.89.